The summed E-state index contributed by atoms with van der Waals surface area (Å²) >= 11 is 0. The SMILES string of the molecule is CC(CS(C)(=O)=O)NCCc1ccco1. The third kappa shape index (κ3) is 5.59. The Hall–Kier alpha value is -0.810. The molecule has 1 aromatic rings. The average Bonchev–Trinajstić information content (AvgIpc) is 2.53. The van der Waals surface area contributed by atoms with Gasteiger partial charge < -0.3 is 9.73 Å². The van der Waals surface area contributed by atoms with E-state index in [0.717, 1.165) is 18.7 Å². The average molecular weight is 231 g/mol. The van der Waals surface area contributed by atoms with Crippen LogP contribution in [0, 0.1) is 0 Å². The molecule has 1 unspecified atom stereocenters. The monoisotopic (exact) mass is 231 g/mol. The van der Waals surface area contributed by atoms with Gasteiger partial charge in [0.15, 0.2) is 0 Å². The van der Waals surface area contributed by atoms with Crippen LogP contribution in [0.3, 0.4) is 0 Å². The first-order valence-electron chi connectivity index (χ1n) is 4.91. The van der Waals surface area contributed by atoms with E-state index < -0.39 is 9.84 Å². The molecule has 0 aromatic carbocycles. The van der Waals surface area contributed by atoms with Crippen molar-refractivity contribution in [2.24, 2.45) is 0 Å². The van der Waals surface area contributed by atoms with Crippen molar-refractivity contribution in [3.63, 3.8) is 0 Å². The molecule has 1 aromatic heterocycles. The molecule has 0 fully saturated rings. The first-order valence-corrected chi connectivity index (χ1v) is 6.97. The smallest absolute Gasteiger partial charge is 0.148 e. The third-order valence-corrected chi connectivity index (χ3v) is 3.10. The lowest BCUT2D eigenvalue weighted by Crippen LogP contribution is -2.33. The van der Waals surface area contributed by atoms with Crippen LogP contribution in [-0.2, 0) is 16.3 Å². The van der Waals surface area contributed by atoms with E-state index in [4.69, 9.17) is 4.42 Å². The summed E-state index contributed by atoms with van der Waals surface area (Å²) in [6, 6.07) is 3.73. The number of furan rings is 1. The van der Waals surface area contributed by atoms with Crippen molar-refractivity contribution in [1.82, 2.24) is 5.32 Å². The minimum absolute atomic E-state index is 0.0186. The van der Waals surface area contributed by atoms with Crippen LogP contribution in [0.1, 0.15) is 12.7 Å². The molecule has 0 bridgehead atoms. The number of rotatable bonds is 6. The van der Waals surface area contributed by atoms with Gasteiger partial charge in [-0.1, -0.05) is 0 Å². The second kappa shape index (κ2) is 5.32. The van der Waals surface area contributed by atoms with E-state index in [-0.39, 0.29) is 11.8 Å². The zero-order valence-electron chi connectivity index (χ0n) is 9.06. The van der Waals surface area contributed by atoms with Crippen LogP contribution in [0.5, 0.6) is 0 Å². The molecule has 0 saturated heterocycles. The summed E-state index contributed by atoms with van der Waals surface area (Å²) < 4.78 is 27.1. The van der Waals surface area contributed by atoms with Crippen LogP contribution < -0.4 is 5.32 Å². The summed E-state index contributed by atoms with van der Waals surface area (Å²) in [5.41, 5.74) is 0. The van der Waals surface area contributed by atoms with Crippen LogP contribution in [0.4, 0.5) is 0 Å². The van der Waals surface area contributed by atoms with Crippen LogP contribution >= 0.6 is 0 Å². The van der Waals surface area contributed by atoms with Crippen molar-refractivity contribution in [1.29, 1.82) is 0 Å². The zero-order valence-corrected chi connectivity index (χ0v) is 9.88. The molecule has 5 heteroatoms. The number of hydrogen-bond acceptors (Lipinski definition) is 4. The van der Waals surface area contributed by atoms with Gasteiger partial charge in [-0.25, -0.2) is 8.42 Å². The molecule has 0 radical (unpaired) electrons. The second-order valence-electron chi connectivity index (χ2n) is 3.78. The van der Waals surface area contributed by atoms with E-state index in [2.05, 4.69) is 5.32 Å². The van der Waals surface area contributed by atoms with Gasteiger partial charge in [0.05, 0.1) is 12.0 Å². The van der Waals surface area contributed by atoms with Crippen LogP contribution in [0.15, 0.2) is 22.8 Å². The highest BCUT2D eigenvalue weighted by atomic mass is 32.2. The Labute approximate surface area is 90.6 Å². The molecule has 86 valence electrons. The Balaban J connectivity index is 2.20. The third-order valence-electron chi connectivity index (χ3n) is 2.00. The topological polar surface area (TPSA) is 59.3 Å². The lowest BCUT2D eigenvalue weighted by atomic mass is 10.3. The molecule has 1 atom stereocenters. The largest absolute Gasteiger partial charge is 0.469 e. The Morgan fingerprint density at radius 3 is 2.80 bits per heavy atom. The molecular formula is C10H17NO3S. The summed E-state index contributed by atoms with van der Waals surface area (Å²) in [7, 11) is -2.89. The van der Waals surface area contributed by atoms with Gasteiger partial charge >= 0.3 is 0 Å². The van der Waals surface area contributed by atoms with Crippen molar-refractivity contribution < 1.29 is 12.8 Å². The molecule has 4 nitrogen and oxygen atoms in total. The summed E-state index contributed by atoms with van der Waals surface area (Å²) in [5, 5.41) is 3.14. The maximum atomic E-state index is 11.0. The van der Waals surface area contributed by atoms with E-state index in [1.54, 1.807) is 6.26 Å². The van der Waals surface area contributed by atoms with Crippen molar-refractivity contribution in [2.75, 3.05) is 18.6 Å². The molecule has 0 amide bonds. The maximum absolute atomic E-state index is 11.0. The van der Waals surface area contributed by atoms with E-state index in [0.29, 0.717) is 0 Å². The van der Waals surface area contributed by atoms with Crippen LogP contribution in [0.25, 0.3) is 0 Å². The molecule has 0 aliphatic carbocycles. The predicted octanol–water partition coefficient (Wildman–Crippen LogP) is 0.845. The van der Waals surface area contributed by atoms with Gasteiger partial charge in [0.2, 0.25) is 0 Å². The molecule has 1 heterocycles. The fraction of sp³-hybridized carbons (Fsp3) is 0.600. The Bertz CT molecular complexity index is 369. The first kappa shape index (κ1) is 12.3. The van der Waals surface area contributed by atoms with Gasteiger partial charge in [-0.05, 0) is 19.1 Å². The second-order valence-corrected chi connectivity index (χ2v) is 5.96. The highest BCUT2D eigenvalue weighted by Gasteiger charge is 2.09. The van der Waals surface area contributed by atoms with Crippen molar-refractivity contribution in [3.05, 3.63) is 24.2 Å². The molecule has 1 N–H and O–H groups in total. The Morgan fingerprint density at radius 1 is 1.53 bits per heavy atom. The fourth-order valence-corrected chi connectivity index (χ4v) is 2.44. The lowest BCUT2D eigenvalue weighted by Gasteiger charge is -2.11. The lowest BCUT2D eigenvalue weighted by molar-refractivity contribution is 0.488. The Morgan fingerprint density at radius 2 is 2.27 bits per heavy atom. The van der Waals surface area contributed by atoms with E-state index in [1.807, 2.05) is 19.1 Å². The van der Waals surface area contributed by atoms with Gasteiger partial charge in [0.1, 0.15) is 15.6 Å². The normalized spacial score (nSPS) is 14.0. The van der Waals surface area contributed by atoms with Crippen LogP contribution in [-0.4, -0.2) is 33.0 Å². The van der Waals surface area contributed by atoms with Gasteiger partial charge in [-0.3, -0.25) is 0 Å². The highest BCUT2D eigenvalue weighted by molar-refractivity contribution is 7.90. The molecule has 0 spiro atoms. The molecule has 0 aliphatic heterocycles. The van der Waals surface area contributed by atoms with Gasteiger partial charge in [0, 0.05) is 25.3 Å². The summed E-state index contributed by atoms with van der Waals surface area (Å²) in [6.45, 7) is 2.59. The van der Waals surface area contributed by atoms with Crippen molar-refractivity contribution in [2.45, 2.75) is 19.4 Å². The van der Waals surface area contributed by atoms with E-state index in [9.17, 15) is 8.42 Å². The quantitative estimate of drug-likeness (QED) is 0.788. The predicted molar refractivity (Wildman–Crippen MR) is 59.6 cm³/mol. The van der Waals surface area contributed by atoms with E-state index >= 15 is 0 Å². The molecule has 1 rings (SSSR count). The highest BCUT2D eigenvalue weighted by Crippen LogP contribution is 2.00. The van der Waals surface area contributed by atoms with Gasteiger partial charge in [0.25, 0.3) is 0 Å². The minimum Gasteiger partial charge on any atom is -0.469 e. The minimum atomic E-state index is -2.89. The number of nitrogens with one attached hydrogen (secondary N) is 1. The Kier molecular flexibility index (Phi) is 4.35. The van der Waals surface area contributed by atoms with Gasteiger partial charge in [-0.15, -0.1) is 0 Å². The van der Waals surface area contributed by atoms with Crippen LogP contribution in [0.2, 0.25) is 0 Å². The maximum Gasteiger partial charge on any atom is 0.148 e. The summed E-state index contributed by atoms with van der Waals surface area (Å²) in [6.07, 6.45) is 3.66. The van der Waals surface area contributed by atoms with E-state index in [1.165, 1.54) is 6.26 Å². The fourth-order valence-electron chi connectivity index (χ4n) is 1.41. The molecule has 0 saturated carbocycles. The number of sulfone groups is 1. The van der Waals surface area contributed by atoms with Crippen molar-refractivity contribution >= 4 is 9.84 Å². The summed E-state index contributed by atoms with van der Waals surface area (Å²) in [4.78, 5) is 0. The molecule has 15 heavy (non-hydrogen) atoms. The first-order chi connectivity index (χ1) is 6.97. The van der Waals surface area contributed by atoms with Gasteiger partial charge in [-0.2, -0.15) is 0 Å². The van der Waals surface area contributed by atoms with Crippen molar-refractivity contribution in [3.8, 4) is 0 Å². The standard InChI is InChI=1S/C10H17NO3S/c1-9(8-15(2,12)13)11-6-5-10-4-3-7-14-10/h3-4,7,9,11H,5-6,8H2,1-2H3. The summed E-state index contributed by atoms with van der Waals surface area (Å²) in [5.74, 6) is 1.08. The number of hydrogen-bond donors (Lipinski definition) is 1. The zero-order chi connectivity index (χ0) is 11.3. The molecule has 0 aliphatic rings. The molecular weight excluding hydrogens is 214 g/mol.